The predicted molar refractivity (Wildman–Crippen MR) is 112 cm³/mol. The van der Waals surface area contributed by atoms with Gasteiger partial charge in [-0.1, -0.05) is 19.9 Å². The molecule has 168 valence electrons. The molecule has 2 atom stereocenters. The summed E-state index contributed by atoms with van der Waals surface area (Å²) < 4.78 is 64.4. The van der Waals surface area contributed by atoms with E-state index in [4.69, 9.17) is 9.84 Å². The van der Waals surface area contributed by atoms with Gasteiger partial charge in [-0.15, -0.1) is 0 Å². The van der Waals surface area contributed by atoms with Gasteiger partial charge in [0.15, 0.2) is 22.8 Å². The lowest BCUT2D eigenvalue weighted by Crippen LogP contribution is -2.33. The number of anilines is 3. The van der Waals surface area contributed by atoms with E-state index in [9.17, 15) is 22.5 Å². The molecule has 30 heavy (non-hydrogen) atoms. The molecule has 0 fully saturated rings. The number of benzene rings is 2. The topological polar surface area (TPSA) is 103 Å². The molecule has 0 saturated carbocycles. The first-order valence-electron chi connectivity index (χ1n) is 9.06. The quantitative estimate of drug-likeness (QED) is 0.405. The van der Waals surface area contributed by atoms with Crippen LogP contribution in [0.15, 0.2) is 24.3 Å². The summed E-state index contributed by atoms with van der Waals surface area (Å²) >= 11 is -2.07. The Morgan fingerprint density at radius 1 is 1.13 bits per heavy atom. The number of hydrogen-bond donors (Lipinski definition) is 5. The molecule has 5 N–H and O–H groups in total. The van der Waals surface area contributed by atoms with E-state index in [1.165, 1.54) is 19.2 Å². The van der Waals surface area contributed by atoms with E-state index in [0.29, 0.717) is 5.56 Å². The highest BCUT2D eigenvalue weighted by molar-refractivity contribution is 7.84. The van der Waals surface area contributed by atoms with Gasteiger partial charge in [0.05, 0.1) is 25.5 Å². The smallest absolute Gasteiger partial charge is 0.193 e. The molecule has 0 amide bonds. The number of rotatable bonds is 9. The second kappa shape index (κ2) is 12.4. The number of aliphatic hydroxyl groups excluding tert-OH is 2. The van der Waals surface area contributed by atoms with Crippen molar-refractivity contribution in [3.05, 3.63) is 47.3 Å². The van der Waals surface area contributed by atoms with Crippen LogP contribution in [0.1, 0.15) is 19.4 Å². The second-order valence-corrected chi connectivity index (χ2v) is 6.82. The van der Waals surface area contributed by atoms with Gasteiger partial charge in [0.2, 0.25) is 0 Å². The highest BCUT2D eigenvalue weighted by Crippen LogP contribution is 2.39. The molecule has 0 heterocycles. The molecule has 2 aromatic rings. The predicted octanol–water partition coefficient (Wildman–Crippen LogP) is 3.12. The fourth-order valence-electron chi connectivity index (χ4n) is 2.20. The minimum atomic E-state index is -2.07. The Labute approximate surface area is 176 Å². The molecule has 0 aromatic heterocycles. The Hall–Kier alpha value is -2.34. The van der Waals surface area contributed by atoms with Crippen molar-refractivity contribution in [2.45, 2.75) is 26.9 Å². The van der Waals surface area contributed by atoms with E-state index in [1.54, 1.807) is 13.0 Å². The average Bonchev–Trinajstić information content (AvgIpc) is 2.74. The Morgan fingerprint density at radius 3 is 2.37 bits per heavy atom. The van der Waals surface area contributed by atoms with E-state index in [1.807, 2.05) is 13.8 Å². The minimum absolute atomic E-state index is 0.130. The number of aryl methyl sites for hydroxylation is 1. The first-order valence-corrected chi connectivity index (χ1v) is 10.2. The van der Waals surface area contributed by atoms with Crippen LogP contribution in [0.3, 0.4) is 0 Å². The zero-order chi connectivity index (χ0) is 22.8. The third kappa shape index (κ3) is 6.87. The van der Waals surface area contributed by atoms with Crippen LogP contribution in [0.5, 0.6) is 5.75 Å². The largest absolute Gasteiger partial charge is 0.494 e. The second-order valence-electron chi connectivity index (χ2n) is 5.79. The van der Waals surface area contributed by atoms with Crippen molar-refractivity contribution < 1.29 is 32.3 Å². The number of nitrogens with one attached hydrogen (secondary N) is 3. The van der Waals surface area contributed by atoms with Gasteiger partial charge in [-0.3, -0.25) is 4.72 Å². The van der Waals surface area contributed by atoms with Crippen LogP contribution in [-0.4, -0.2) is 40.8 Å². The fraction of sp³-hybridized carbons (Fsp3) is 0.368. The number of hydrogen-bond acceptors (Lipinski definition) is 5. The normalized spacial score (nSPS) is 12.4. The van der Waals surface area contributed by atoms with Crippen molar-refractivity contribution in [3.63, 3.8) is 0 Å². The highest BCUT2D eigenvalue weighted by atomic mass is 32.2. The van der Waals surface area contributed by atoms with Crippen LogP contribution < -0.4 is 19.5 Å². The van der Waals surface area contributed by atoms with E-state index in [-0.39, 0.29) is 23.7 Å². The van der Waals surface area contributed by atoms with E-state index < -0.39 is 47.0 Å². The molecule has 0 saturated heterocycles. The van der Waals surface area contributed by atoms with Crippen molar-refractivity contribution >= 4 is 28.2 Å². The summed E-state index contributed by atoms with van der Waals surface area (Å²) in [5.74, 6) is -3.48. The molecule has 2 aromatic carbocycles. The molecule has 7 nitrogen and oxygen atoms in total. The summed E-state index contributed by atoms with van der Waals surface area (Å²) in [6.07, 6.45) is -1.17. The maximum absolute atomic E-state index is 14.4. The third-order valence-electron chi connectivity index (χ3n) is 3.64. The van der Waals surface area contributed by atoms with Crippen LogP contribution in [0.4, 0.5) is 30.2 Å². The van der Waals surface area contributed by atoms with E-state index in [2.05, 4.69) is 14.8 Å². The number of methoxy groups -OCH3 is 1. The van der Waals surface area contributed by atoms with Gasteiger partial charge >= 0.3 is 0 Å². The molecule has 0 aliphatic heterocycles. The summed E-state index contributed by atoms with van der Waals surface area (Å²) in [6, 6.07) is 4.87. The fourth-order valence-corrected chi connectivity index (χ4v) is 3.01. The van der Waals surface area contributed by atoms with Crippen molar-refractivity contribution in [2.75, 3.05) is 30.3 Å². The Balaban J connectivity index is 0.00000218. The Bertz CT molecular complexity index is 871. The Morgan fingerprint density at radius 2 is 1.80 bits per heavy atom. The van der Waals surface area contributed by atoms with Crippen molar-refractivity contribution in [2.24, 2.45) is 0 Å². The zero-order valence-corrected chi connectivity index (χ0v) is 17.9. The van der Waals surface area contributed by atoms with E-state index >= 15 is 0 Å². The molecule has 2 rings (SSSR count). The maximum atomic E-state index is 14.4. The summed E-state index contributed by atoms with van der Waals surface area (Å²) in [5, 5.41) is 20.5. The monoisotopic (exact) mass is 449 g/mol. The van der Waals surface area contributed by atoms with Crippen molar-refractivity contribution in [3.8, 4) is 5.75 Å². The molecule has 0 radical (unpaired) electrons. The van der Waals surface area contributed by atoms with Gasteiger partial charge < -0.3 is 20.3 Å². The van der Waals surface area contributed by atoms with Crippen LogP contribution in [0, 0.1) is 24.4 Å². The average molecular weight is 449 g/mol. The summed E-state index contributed by atoms with van der Waals surface area (Å²) in [7, 11) is 1.19. The highest BCUT2D eigenvalue weighted by Gasteiger charge is 2.22. The molecular formula is C19H26F3N3O4S. The minimum Gasteiger partial charge on any atom is -0.494 e. The standard InChI is InChI=1S/C17H20F3N3O4S.C2H6/c1-9-3-4-13(11(18)5-9)22-17-15(20)12(19)6-14(27-2)16(17)23-28(26)21-7-10(25)8-24;1-2/h3-6,10,21-25H,7-8H2,1-2H3;1-2H3. The number of aliphatic hydroxyl groups is 2. The summed E-state index contributed by atoms with van der Waals surface area (Å²) in [5.41, 5.74) is -0.246. The maximum Gasteiger partial charge on any atom is 0.193 e. The molecular weight excluding hydrogens is 423 g/mol. The van der Waals surface area contributed by atoms with Crippen molar-refractivity contribution in [1.82, 2.24) is 4.72 Å². The van der Waals surface area contributed by atoms with Gasteiger partial charge in [-0.05, 0) is 24.6 Å². The lowest BCUT2D eigenvalue weighted by Gasteiger charge is -2.19. The van der Waals surface area contributed by atoms with Gasteiger partial charge in [0, 0.05) is 12.6 Å². The number of ether oxygens (including phenoxy) is 1. The van der Waals surface area contributed by atoms with Crippen LogP contribution >= 0.6 is 0 Å². The lowest BCUT2D eigenvalue weighted by atomic mass is 10.2. The van der Waals surface area contributed by atoms with Gasteiger partial charge in [-0.25, -0.2) is 22.1 Å². The molecule has 0 aliphatic rings. The van der Waals surface area contributed by atoms with E-state index in [0.717, 1.165) is 6.07 Å². The summed E-state index contributed by atoms with van der Waals surface area (Å²) in [6.45, 7) is 4.87. The third-order valence-corrected chi connectivity index (χ3v) is 4.46. The Kier molecular flexibility index (Phi) is 10.6. The molecule has 2 unspecified atom stereocenters. The SMILES string of the molecule is CC.COc1cc(F)c(F)c(Nc2ccc(C)cc2F)c1NS(=O)NCC(O)CO. The molecule has 0 bridgehead atoms. The molecule has 0 spiro atoms. The number of halogens is 3. The zero-order valence-electron chi connectivity index (χ0n) is 17.1. The lowest BCUT2D eigenvalue weighted by molar-refractivity contribution is 0.0991. The van der Waals surface area contributed by atoms with Crippen LogP contribution in [0.25, 0.3) is 0 Å². The van der Waals surface area contributed by atoms with Gasteiger partial charge in [0.25, 0.3) is 0 Å². The van der Waals surface area contributed by atoms with Crippen LogP contribution in [0.2, 0.25) is 0 Å². The van der Waals surface area contributed by atoms with Gasteiger partial charge in [0.1, 0.15) is 22.9 Å². The molecule has 0 aliphatic carbocycles. The first-order chi connectivity index (χ1) is 14.3. The summed E-state index contributed by atoms with van der Waals surface area (Å²) in [4.78, 5) is 0. The van der Waals surface area contributed by atoms with Crippen LogP contribution in [-0.2, 0) is 11.2 Å². The van der Waals surface area contributed by atoms with Gasteiger partial charge in [-0.2, -0.15) is 0 Å². The van der Waals surface area contributed by atoms with Crippen molar-refractivity contribution in [1.29, 1.82) is 0 Å². The molecule has 11 heteroatoms. The first kappa shape index (κ1) is 25.7.